The number of hydrogen-bond donors (Lipinski definition) is 1. The smallest absolute Gasteiger partial charge is 0.174 e. The number of aliphatic hydroxyl groups excluding tert-OH is 1. The van der Waals surface area contributed by atoms with Crippen molar-refractivity contribution in [3.05, 3.63) is 0 Å². The van der Waals surface area contributed by atoms with Crippen molar-refractivity contribution in [1.29, 1.82) is 0 Å². The maximum atomic E-state index is 11.7. The van der Waals surface area contributed by atoms with Gasteiger partial charge < -0.3 is 14.2 Å². The predicted molar refractivity (Wildman–Crippen MR) is 165 cm³/mol. The third kappa shape index (κ3) is 6.78. The molecule has 0 bridgehead atoms. The molecule has 0 radical (unpaired) electrons. The minimum atomic E-state index is -0.843. The molecule has 0 amide bonds. The summed E-state index contributed by atoms with van der Waals surface area (Å²) in [5, 5.41) is 11.7. The third-order valence-electron chi connectivity index (χ3n) is 12.1. The molecule has 4 heteroatoms. The van der Waals surface area contributed by atoms with E-state index in [1.165, 1.54) is 70.6 Å². The quantitative estimate of drug-likeness (QED) is 0.347. The second kappa shape index (κ2) is 12.1. The summed E-state index contributed by atoms with van der Waals surface area (Å²) in [6.45, 7) is 19.3. The van der Waals surface area contributed by atoms with E-state index in [1.54, 1.807) is 0 Å². The third-order valence-corrected chi connectivity index (χ3v) is 14.2. The lowest BCUT2D eigenvalue weighted by Gasteiger charge is -2.54. The highest BCUT2D eigenvalue weighted by atomic mass is 31.2. The van der Waals surface area contributed by atoms with Crippen LogP contribution < -0.4 is 0 Å². The summed E-state index contributed by atoms with van der Waals surface area (Å²) in [7, 11) is -0.843. The minimum absolute atomic E-state index is 0.155. The van der Waals surface area contributed by atoms with E-state index in [0.29, 0.717) is 41.4 Å². The van der Waals surface area contributed by atoms with E-state index in [4.69, 9.17) is 9.05 Å². The Balaban J connectivity index is 1.40. The van der Waals surface area contributed by atoms with Crippen LogP contribution in [0.1, 0.15) is 139 Å². The van der Waals surface area contributed by atoms with Gasteiger partial charge in [-0.2, -0.15) is 0 Å². The summed E-state index contributed by atoms with van der Waals surface area (Å²) >= 11 is 0. The van der Waals surface area contributed by atoms with Crippen molar-refractivity contribution < 1.29 is 14.2 Å². The van der Waals surface area contributed by atoms with E-state index in [9.17, 15) is 5.11 Å². The van der Waals surface area contributed by atoms with Crippen LogP contribution in [-0.2, 0) is 9.05 Å². The van der Waals surface area contributed by atoms with Crippen LogP contribution in [0.5, 0.6) is 0 Å². The van der Waals surface area contributed by atoms with E-state index in [-0.39, 0.29) is 23.0 Å². The first-order valence-corrected chi connectivity index (χ1v) is 18.4. The van der Waals surface area contributed by atoms with Crippen LogP contribution in [0.15, 0.2) is 0 Å². The SMILES string of the molecule is CC1CC(CC2CC(C)CC(C(C)(C)C)C2OP2OC3CCCCC3C3CCCCC32)C(O)C(C(C)(C)C)C1. The largest absolute Gasteiger partial charge is 0.393 e. The van der Waals surface area contributed by atoms with E-state index < -0.39 is 8.38 Å². The summed E-state index contributed by atoms with van der Waals surface area (Å²) in [4.78, 5) is 0. The van der Waals surface area contributed by atoms with Crippen molar-refractivity contribution in [1.82, 2.24) is 0 Å². The second-order valence-electron chi connectivity index (χ2n) is 17.3. The lowest BCUT2D eigenvalue weighted by atomic mass is 9.59. The fourth-order valence-corrected chi connectivity index (χ4v) is 12.6. The van der Waals surface area contributed by atoms with Crippen LogP contribution in [0, 0.1) is 58.2 Å². The number of fused-ring (bicyclic) bond motifs is 3. The summed E-state index contributed by atoms with van der Waals surface area (Å²) in [6.07, 6.45) is 17.4. The van der Waals surface area contributed by atoms with Crippen molar-refractivity contribution in [3.8, 4) is 0 Å². The average Bonchev–Trinajstić information content (AvgIpc) is 2.86. The Kier molecular flexibility index (Phi) is 9.57. The van der Waals surface area contributed by atoms with Crippen LogP contribution >= 0.6 is 8.38 Å². The van der Waals surface area contributed by atoms with Gasteiger partial charge in [0.15, 0.2) is 8.38 Å². The Morgan fingerprint density at radius 1 is 0.718 bits per heavy atom. The van der Waals surface area contributed by atoms with Gasteiger partial charge in [-0.15, -0.1) is 0 Å². The van der Waals surface area contributed by atoms with E-state index in [1.807, 2.05) is 0 Å². The molecule has 5 rings (SSSR count). The molecule has 1 heterocycles. The Hall–Kier alpha value is 0.310. The van der Waals surface area contributed by atoms with Crippen LogP contribution in [-0.4, -0.2) is 29.1 Å². The normalized spacial score (nSPS) is 47.8. The minimum Gasteiger partial charge on any atom is -0.393 e. The van der Waals surface area contributed by atoms with Gasteiger partial charge in [0.2, 0.25) is 0 Å². The average molecular weight is 563 g/mol. The molecule has 5 fully saturated rings. The van der Waals surface area contributed by atoms with Gasteiger partial charge in [0.1, 0.15) is 0 Å². The highest BCUT2D eigenvalue weighted by molar-refractivity contribution is 7.48. The molecule has 39 heavy (non-hydrogen) atoms. The molecule has 13 atom stereocenters. The fourth-order valence-electron chi connectivity index (χ4n) is 10.1. The lowest BCUT2D eigenvalue weighted by Crippen LogP contribution is -2.49. The molecule has 226 valence electrons. The maximum absolute atomic E-state index is 11.7. The van der Waals surface area contributed by atoms with Gasteiger partial charge in [-0.3, -0.25) is 0 Å². The summed E-state index contributed by atoms with van der Waals surface area (Å²) in [5.41, 5.74) is 1.02. The van der Waals surface area contributed by atoms with Crippen molar-refractivity contribution in [3.63, 3.8) is 0 Å². The van der Waals surface area contributed by atoms with Crippen molar-refractivity contribution >= 4 is 8.38 Å². The highest BCUT2D eigenvalue weighted by Crippen LogP contribution is 2.64. The van der Waals surface area contributed by atoms with E-state index in [0.717, 1.165) is 30.6 Å². The Bertz CT molecular complexity index is 801. The fraction of sp³-hybridized carbons (Fsp3) is 1.00. The van der Waals surface area contributed by atoms with Crippen LogP contribution in [0.2, 0.25) is 0 Å². The van der Waals surface area contributed by atoms with Gasteiger partial charge in [0.05, 0.1) is 18.3 Å². The molecular formula is C35H63O3P. The molecule has 4 aliphatic carbocycles. The summed E-state index contributed by atoms with van der Waals surface area (Å²) in [6, 6.07) is 0. The maximum Gasteiger partial charge on any atom is 0.174 e. The first-order valence-electron chi connectivity index (χ1n) is 17.1. The molecule has 1 aliphatic heterocycles. The molecule has 13 unspecified atom stereocenters. The number of hydrogen-bond acceptors (Lipinski definition) is 3. The van der Waals surface area contributed by atoms with Crippen molar-refractivity contribution in [2.45, 2.75) is 163 Å². The molecule has 3 nitrogen and oxygen atoms in total. The molecule has 0 spiro atoms. The number of aliphatic hydroxyl groups is 1. The Morgan fingerprint density at radius 3 is 1.95 bits per heavy atom. The molecular weight excluding hydrogens is 499 g/mol. The monoisotopic (exact) mass is 562 g/mol. The number of rotatable bonds is 4. The highest BCUT2D eigenvalue weighted by Gasteiger charge is 2.52. The van der Waals surface area contributed by atoms with E-state index >= 15 is 0 Å². The first-order chi connectivity index (χ1) is 18.3. The molecule has 0 aromatic heterocycles. The molecule has 1 saturated heterocycles. The van der Waals surface area contributed by atoms with Crippen LogP contribution in [0.4, 0.5) is 0 Å². The van der Waals surface area contributed by atoms with Gasteiger partial charge >= 0.3 is 0 Å². The molecule has 0 aromatic carbocycles. The van der Waals surface area contributed by atoms with Gasteiger partial charge in [-0.05, 0) is 116 Å². The van der Waals surface area contributed by atoms with Crippen molar-refractivity contribution in [2.75, 3.05) is 0 Å². The van der Waals surface area contributed by atoms with Gasteiger partial charge in [0.25, 0.3) is 0 Å². The van der Waals surface area contributed by atoms with Crippen LogP contribution in [0.25, 0.3) is 0 Å². The Labute approximate surface area is 243 Å². The zero-order valence-electron chi connectivity index (χ0n) is 26.8. The summed E-state index contributed by atoms with van der Waals surface area (Å²) < 4.78 is 14.6. The van der Waals surface area contributed by atoms with Gasteiger partial charge in [-0.25, -0.2) is 0 Å². The first kappa shape index (κ1) is 30.8. The molecule has 1 N–H and O–H groups in total. The van der Waals surface area contributed by atoms with Crippen LogP contribution in [0.3, 0.4) is 0 Å². The molecule has 5 aliphatic rings. The van der Waals surface area contributed by atoms with Crippen molar-refractivity contribution in [2.24, 2.45) is 58.2 Å². The Morgan fingerprint density at radius 2 is 1.28 bits per heavy atom. The molecule has 4 saturated carbocycles. The zero-order valence-corrected chi connectivity index (χ0v) is 27.7. The molecule has 0 aromatic rings. The van der Waals surface area contributed by atoms with Gasteiger partial charge in [-0.1, -0.05) is 81.1 Å². The lowest BCUT2D eigenvalue weighted by molar-refractivity contribution is -0.0845. The zero-order chi connectivity index (χ0) is 28.1. The predicted octanol–water partition coefficient (Wildman–Crippen LogP) is 10.00. The summed E-state index contributed by atoms with van der Waals surface area (Å²) in [5.74, 6) is 4.92. The standard InChI is InChI=1S/C35H63O3P/c1-22-17-24(32(36)28(19-22)34(3,4)5)21-25-18-23(2)20-29(35(6,7)8)33(25)38-39-31-16-12-10-14-27(31)26-13-9-11-15-30(26)37-39/h22-33,36H,9-21H2,1-8H3. The van der Waals surface area contributed by atoms with E-state index in [2.05, 4.69) is 55.4 Å². The topological polar surface area (TPSA) is 38.7 Å². The van der Waals surface area contributed by atoms with Gasteiger partial charge in [0, 0.05) is 5.66 Å². The second-order valence-corrected chi connectivity index (χ2v) is 19.0.